The quantitative estimate of drug-likeness (QED) is 0.0626. The van der Waals surface area contributed by atoms with E-state index in [1.807, 2.05) is 0 Å². The highest BCUT2D eigenvalue weighted by atomic mass is 19.4. The highest BCUT2D eigenvalue weighted by molar-refractivity contribution is 5.97. The number of aromatic nitrogens is 1. The average Bonchev–Trinajstić information content (AvgIpc) is 3.59. The smallest absolute Gasteiger partial charge is 0.480 e. The van der Waals surface area contributed by atoms with Crippen molar-refractivity contribution in [3.8, 4) is 11.1 Å². The van der Waals surface area contributed by atoms with E-state index in [0.717, 1.165) is 23.8 Å². The zero-order valence-electron chi connectivity index (χ0n) is 34.1. The van der Waals surface area contributed by atoms with Gasteiger partial charge in [-0.3, -0.25) is 19.2 Å². The molecule has 11 N–H and O–H groups in total. The Morgan fingerprint density at radius 3 is 1.91 bits per heavy atom. The maximum absolute atomic E-state index is 15.0. The molecule has 356 valence electrons. The molecule has 0 aliphatic carbocycles. The number of aliphatic hydroxyl groups excluding tert-OH is 1. The fourth-order valence-electron chi connectivity index (χ4n) is 6.54. The van der Waals surface area contributed by atoms with Crippen molar-refractivity contribution in [2.45, 2.75) is 87.9 Å². The Morgan fingerprint density at radius 2 is 1.40 bits per heavy atom. The minimum atomic E-state index is -6.22. The van der Waals surface area contributed by atoms with E-state index in [1.165, 1.54) is 17.6 Å². The van der Waals surface area contributed by atoms with Crippen LogP contribution in [0.2, 0.25) is 0 Å². The molecule has 0 aliphatic rings. The molecule has 0 spiro atoms. The second-order valence-corrected chi connectivity index (χ2v) is 15.4. The monoisotopic (exact) mass is 938 g/mol. The van der Waals surface area contributed by atoms with Crippen LogP contribution >= 0.6 is 0 Å². The third-order valence-electron chi connectivity index (χ3n) is 9.65. The van der Waals surface area contributed by atoms with E-state index < -0.39 is 126 Å². The first-order chi connectivity index (χ1) is 29.8. The van der Waals surface area contributed by atoms with Gasteiger partial charge in [0.15, 0.2) is 18.2 Å². The largest absolute Gasteiger partial charge is 0.490 e. The number of benzene rings is 2. The van der Waals surface area contributed by atoms with Crippen LogP contribution in [0.5, 0.6) is 0 Å². The molecule has 7 atom stereocenters. The Bertz CT molecular complexity index is 2270. The molecule has 0 bridgehead atoms. The van der Waals surface area contributed by atoms with E-state index >= 15 is 0 Å². The van der Waals surface area contributed by atoms with Gasteiger partial charge < -0.3 is 57.2 Å². The van der Waals surface area contributed by atoms with Crippen LogP contribution in [0.3, 0.4) is 0 Å². The van der Waals surface area contributed by atoms with Crippen LogP contribution in [0.1, 0.15) is 44.4 Å². The standard InChI is InChI=1S/C39H42F8N6O12/c1-36(2,3)24(23-13-18(20-14-19(40)9-10-21(20)41)16-53(23)15-17-7-5-4-6-8-17)26(54)30(56)51-12-11-22(48)29(55)52-25(31(57)58)28(64-34(62)38(42,43)44)37(33(50)61,27(49)32(59)60)65-35(63)39(45,46)47/h4-10,13-14,16,22,24-28,54H,11-12,15,48-49H2,1-3H3,(H2,50,61)(H,51,56)(H,52,55)(H,57,58)(H,59,60)/t22-,24+,25?,26-,27?,28?,37?/m0/s1. The van der Waals surface area contributed by atoms with E-state index in [4.69, 9.17) is 17.2 Å². The highest BCUT2D eigenvalue weighted by Gasteiger charge is 2.65. The Morgan fingerprint density at radius 1 is 0.815 bits per heavy atom. The molecule has 4 unspecified atom stereocenters. The number of carbonyl (C=O) groups is 7. The maximum Gasteiger partial charge on any atom is 0.490 e. The van der Waals surface area contributed by atoms with Crippen LogP contribution in [0, 0.1) is 17.0 Å². The van der Waals surface area contributed by atoms with Crippen LogP contribution in [-0.2, 0) is 49.6 Å². The first kappa shape index (κ1) is 52.7. The Labute approximate surface area is 362 Å². The molecule has 65 heavy (non-hydrogen) atoms. The summed E-state index contributed by atoms with van der Waals surface area (Å²) in [5.41, 5.74) is 11.4. The molecule has 0 saturated carbocycles. The van der Waals surface area contributed by atoms with Crippen molar-refractivity contribution in [3.05, 3.63) is 83.7 Å². The maximum atomic E-state index is 15.0. The van der Waals surface area contributed by atoms with Crippen LogP contribution in [0.15, 0.2) is 60.8 Å². The van der Waals surface area contributed by atoms with Gasteiger partial charge >= 0.3 is 36.2 Å². The van der Waals surface area contributed by atoms with Crippen molar-refractivity contribution in [2.24, 2.45) is 22.6 Å². The number of nitrogens with zero attached hydrogens (tertiary/aromatic N) is 1. The lowest BCUT2D eigenvalue weighted by Gasteiger charge is -2.41. The van der Waals surface area contributed by atoms with Crippen molar-refractivity contribution in [1.82, 2.24) is 15.2 Å². The lowest BCUT2D eigenvalue weighted by Crippen LogP contribution is -2.75. The average molecular weight is 939 g/mol. The van der Waals surface area contributed by atoms with Crippen molar-refractivity contribution < 1.29 is 93.5 Å². The van der Waals surface area contributed by atoms with Crippen LogP contribution < -0.4 is 27.8 Å². The molecule has 2 aromatic carbocycles. The van der Waals surface area contributed by atoms with Gasteiger partial charge in [0.25, 0.3) is 11.5 Å². The second kappa shape index (κ2) is 20.4. The summed E-state index contributed by atoms with van der Waals surface area (Å²) < 4.78 is 119. The van der Waals surface area contributed by atoms with Gasteiger partial charge in [-0.2, -0.15) is 26.3 Å². The number of nitrogens with one attached hydrogen (secondary N) is 2. The summed E-state index contributed by atoms with van der Waals surface area (Å²) in [6.07, 6.45) is -17.5. The molecular weight excluding hydrogens is 896 g/mol. The lowest BCUT2D eigenvalue weighted by atomic mass is 9.74. The van der Waals surface area contributed by atoms with E-state index in [9.17, 15) is 84.0 Å². The Balaban J connectivity index is 1.96. The summed E-state index contributed by atoms with van der Waals surface area (Å²) in [5.74, 6) is -20.8. The molecule has 0 radical (unpaired) electrons. The SMILES string of the molecule is CC(C)(C)[C@H](c1cc(-c2cc(F)ccc2F)cn1Cc1ccccc1)[C@H](O)C(=O)NCC[C@H](N)C(=O)NC(C(=O)O)C(OC(=O)C(F)(F)F)C(OC(=O)C(F)(F)F)(C(N)=O)C(N)C(=O)O. The highest BCUT2D eigenvalue weighted by Crippen LogP contribution is 2.41. The number of rotatable bonds is 19. The number of aliphatic hydroxyl groups is 1. The molecule has 3 aromatic rings. The predicted molar refractivity (Wildman–Crippen MR) is 204 cm³/mol. The molecule has 0 saturated heterocycles. The van der Waals surface area contributed by atoms with Gasteiger partial charge in [-0.15, -0.1) is 0 Å². The lowest BCUT2D eigenvalue weighted by molar-refractivity contribution is -0.239. The normalized spacial score (nSPS) is 15.8. The fourth-order valence-corrected chi connectivity index (χ4v) is 6.54. The summed E-state index contributed by atoms with van der Waals surface area (Å²) in [4.78, 5) is 87.5. The van der Waals surface area contributed by atoms with E-state index in [1.54, 1.807) is 55.7 Å². The molecule has 18 nitrogen and oxygen atoms in total. The van der Waals surface area contributed by atoms with Crippen LogP contribution in [0.25, 0.3) is 11.1 Å². The zero-order valence-corrected chi connectivity index (χ0v) is 34.1. The Hall–Kier alpha value is -6.67. The van der Waals surface area contributed by atoms with Crippen molar-refractivity contribution in [2.75, 3.05) is 6.54 Å². The molecule has 3 rings (SSSR count). The number of ether oxygens (including phenoxy) is 2. The molecule has 26 heteroatoms. The summed E-state index contributed by atoms with van der Waals surface area (Å²) in [5, 5.41) is 34.6. The zero-order chi connectivity index (χ0) is 49.6. The van der Waals surface area contributed by atoms with Gasteiger partial charge in [0.2, 0.25) is 11.8 Å². The third-order valence-corrected chi connectivity index (χ3v) is 9.65. The number of hydrogen-bond acceptors (Lipinski definition) is 12. The van der Waals surface area contributed by atoms with Gasteiger partial charge in [-0.05, 0) is 41.7 Å². The van der Waals surface area contributed by atoms with Gasteiger partial charge in [0.1, 0.15) is 17.7 Å². The number of carbonyl (C=O) groups excluding carboxylic acids is 5. The van der Waals surface area contributed by atoms with Crippen LogP contribution in [-0.4, -0.2) is 116 Å². The summed E-state index contributed by atoms with van der Waals surface area (Å²) in [6, 6.07) is 3.90. The topological polar surface area (TPSA) is 306 Å². The minimum absolute atomic E-state index is 0.124. The molecule has 3 amide bonds. The number of nitrogens with two attached hydrogens (primary N) is 3. The van der Waals surface area contributed by atoms with Crippen molar-refractivity contribution >= 4 is 41.6 Å². The summed E-state index contributed by atoms with van der Waals surface area (Å²) in [6.45, 7) is 4.40. The number of esters is 2. The number of carboxylic acid groups (broad SMARTS) is 2. The van der Waals surface area contributed by atoms with Crippen molar-refractivity contribution in [3.63, 3.8) is 0 Å². The van der Waals surface area contributed by atoms with Gasteiger partial charge in [-0.25, -0.2) is 23.2 Å². The Kier molecular flexibility index (Phi) is 16.6. The number of amides is 3. The van der Waals surface area contributed by atoms with Gasteiger partial charge in [-0.1, -0.05) is 51.1 Å². The van der Waals surface area contributed by atoms with E-state index in [-0.39, 0.29) is 23.4 Å². The number of aliphatic carboxylic acids is 2. The van der Waals surface area contributed by atoms with E-state index in [2.05, 4.69) is 14.8 Å². The molecule has 0 aliphatic heterocycles. The van der Waals surface area contributed by atoms with Gasteiger partial charge in [0.05, 0.1) is 6.04 Å². The number of primary amides is 1. The summed E-state index contributed by atoms with van der Waals surface area (Å²) in [7, 11) is 0. The minimum Gasteiger partial charge on any atom is -0.480 e. The summed E-state index contributed by atoms with van der Waals surface area (Å²) >= 11 is 0. The molecule has 1 aromatic heterocycles. The van der Waals surface area contributed by atoms with Crippen molar-refractivity contribution in [1.29, 1.82) is 0 Å². The third kappa shape index (κ3) is 12.7. The first-order valence-electron chi connectivity index (χ1n) is 18.6. The first-order valence-corrected chi connectivity index (χ1v) is 18.6. The van der Waals surface area contributed by atoms with E-state index in [0.29, 0.717) is 0 Å². The van der Waals surface area contributed by atoms with Crippen LogP contribution in [0.4, 0.5) is 35.1 Å². The number of alkyl halides is 6. The number of carboxylic acids is 2. The molecule has 0 fully saturated rings. The van der Waals surface area contributed by atoms with Gasteiger partial charge in [0, 0.05) is 42.0 Å². The molecule has 1 heterocycles. The predicted octanol–water partition coefficient (Wildman–Crippen LogP) is 1.59. The molecular formula is C39H42F8N6O12. The second-order valence-electron chi connectivity index (χ2n) is 15.4. The fraction of sp³-hybridized carbons (Fsp3) is 0.410. The number of halogens is 8. The number of hydrogen-bond donors (Lipinski definition) is 8.